The molecular formula is C19H24N2O5. The molecule has 3 rings (SSSR count). The first-order valence-electron chi connectivity index (χ1n) is 8.95. The first kappa shape index (κ1) is 18.2. The molecule has 2 unspecified atom stereocenters. The molecule has 2 atom stereocenters. The Kier molecular flexibility index (Phi) is 4.89. The van der Waals surface area contributed by atoms with Crippen molar-refractivity contribution in [2.75, 3.05) is 24.6 Å². The van der Waals surface area contributed by atoms with E-state index in [0.29, 0.717) is 37.4 Å². The second kappa shape index (κ2) is 6.97. The van der Waals surface area contributed by atoms with Crippen LogP contribution in [0.2, 0.25) is 0 Å². The number of likely N-dealkylation sites (tertiary alicyclic amines) is 1. The van der Waals surface area contributed by atoms with Gasteiger partial charge in [0.05, 0.1) is 18.2 Å². The summed E-state index contributed by atoms with van der Waals surface area (Å²) < 4.78 is 5.59. The third-order valence-corrected chi connectivity index (χ3v) is 5.30. The van der Waals surface area contributed by atoms with Gasteiger partial charge in [-0.2, -0.15) is 0 Å². The van der Waals surface area contributed by atoms with Crippen LogP contribution < -0.4 is 9.64 Å². The minimum atomic E-state index is -1.18. The molecule has 2 aliphatic heterocycles. The number of aliphatic carboxylic acids is 1. The summed E-state index contributed by atoms with van der Waals surface area (Å²) in [7, 11) is 0. The Morgan fingerprint density at radius 1 is 1.35 bits per heavy atom. The van der Waals surface area contributed by atoms with Gasteiger partial charge in [-0.15, -0.1) is 0 Å². The number of benzene rings is 1. The molecule has 1 N–H and O–H groups in total. The number of rotatable bonds is 5. The van der Waals surface area contributed by atoms with Gasteiger partial charge in [0.15, 0.2) is 0 Å². The number of ether oxygens (including phenoxy) is 1. The normalized spacial score (nSPS) is 25.6. The number of nitrogens with zero attached hydrogens (tertiary/aromatic N) is 2. The molecular weight excluding hydrogens is 336 g/mol. The van der Waals surface area contributed by atoms with Crippen molar-refractivity contribution < 1.29 is 24.2 Å². The number of carbonyl (C=O) groups is 3. The first-order chi connectivity index (χ1) is 12.4. The molecule has 2 fully saturated rings. The lowest BCUT2D eigenvalue weighted by molar-refractivity contribution is -0.156. The highest BCUT2D eigenvalue weighted by atomic mass is 16.5. The van der Waals surface area contributed by atoms with E-state index in [1.54, 1.807) is 24.0 Å². The number of para-hydroxylation sites is 2. The minimum absolute atomic E-state index is 0.0888. The fourth-order valence-corrected chi connectivity index (χ4v) is 3.82. The van der Waals surface area contributed by atoms with E-state index in [1.165, 1.54) is 4.90 Å². The highest BCUT2D eigenvalue weighted by molar-refractivity contribution is 6.02. The summed E-state index contributed by atoms with van der Waals surface area (Å²) in [4.78, 5) is 40.1. The van der Waals surface area contributed by atoms with Crippen LogP contribution in [0.3, 0.4) is 0 Å². The van der Waals surface area contributed by atoms with Crippen molar-refractivity contribution in [1.29, 1.82) is 0 Å². The quantitative estimate of drug-likeness (QED) is 0.867. The summed E-state index contributed by atoms with van der Waals surface area (Å²) in [5.41, 5.74) is -0.534. The monoisotopic (exact) mass is 360 g/mol. The van der Waals surface area contributed by atoms with E-state index in [0.717, 1.165) is 0 Å². The maximum Gasteiger partial charge on any atom is 0.329 e. The molecule has 0 bridgehead atoms. The van der Waals surface area contributed by atoms with Crippen molar-refractivity contribution in [3.05, 3.63) is 24.3 Å². The van der Waals surface area contributed by atoms with E-state index in [1.807, 2.05) is 19.1 Å². The number of carbonyl (C=O) groups excluding carboxylic acids is 2. The predicted molar refractivity (Wildman–Crippen MR) is 95.1 cm³/mol. The van der Waals surface area contributed by atoms with Gasteiger partial charge >= 0.3 is 5.97 Å². The molecule has 0 saturated carbocycles. The summed E-state index contributed by atoms with van der Waals surface area (Å²) in [5.74, 6) is -1.32. The summed E-state index contributed by atoms with van der Waals surface area (Å²) in [5, 5.41) is 9.52. The van der Waals surface area contributed by atoms with Crippen LogP contribution in [0, 0.1) is 5.92 Å². The van der Waals surface area contributed by atoms with Crippen molar-refractivity contribution in [1.82, 2.24) is 4.90 Å². The average molecular weight is 360 g/mol. The summed E-state index contributed by atoms with van der Waals surface area (Å²) >= 11 is 0. The molecule has 2 heterocycles. The molecule has 7 nitrogen and oxygen atoms in total. The lowest BCUT2D eigenvalue weighted by Gasteiger charge is -2.33. The topological polar surface area (TPSA) is 87.2 Å². The lowest BCUT2D eigenvalue weighted by Crippen LogP contribution is -2.52. The molecule has 1 aromatic rings. The number of carboxylic acids is 1. The van der Waals surface area contributed by atoms with Gasteiger partial charge in [-0.05, 0) is 38.8 Å². The SMILES string of the molecule is CCOc1ccccc1N1CC(C(=O)N2CCCC2(C)C(=O)O)CC1=O. The lowest BCUT2D eigenvalue weighted by atomic mass is 9.97. The largest absolute Gasteiger partial charge is 0.492 e. The van der Waals surface area contributed by atoms with Crippen molar-refractivity contribution in [2.24, 2.45) is 5.92 Å². The fraction of sp³-hybridized carbons (Fsp3) is 0.526. The Labute approximate surface area is 152 Å². The molecule has 0 radical (unpaired) electrons. The van der Waals surface area contributed by atoms with Gasteiger partial charge < -0.3 is 19.6 Å². The number of hydrogen-bond acceptors (Lipinski definition) is 4. The van der Waals surface area contributed by atoms with Crippen LogP contribution in [0.4, 0.5) is 5.69 Å². The van der Waals surface area contributed by atoms with Crippen molar-refractivity contribution >= 4 is 23.5 Å². The molecule has 7 heteroatoms. The highest BCUT2D eigenvalue weighted by Gasteiger charge is 2.49. The van der Waals surface area contributed by atoms with Crippen LogP contribution in [0.15, 0.2) is 24.3 Å². The third-order valence-electron chi connectivity index (χ3n) is 5.30. The first-order valence-corrected chi connectivity index (χ1v) is 8.95. The Hall–Kier alpha value is -2.57. The van der Waals surface area contributed by atoms with E-state index in [4.69, 9.17) is 4.74 Å². The second-order valence-corrected chi connectivity index (χ2v) is 6.98. The molecule has 140 valence electrons. The van der Waals surface area contributed by atoms with Gasteiger partial charge in [-0.3, -0.25) is 9.59 Å². The molecule has 1 aromatic carbocycles. The van der Waals surface area contributed by atoms with Crippen molar-refractivity contribution in [3.63, 3.8) is 0 Å². The van der Waals surface area contributed by atoms with Gasteiger partial charge in [0.1, 0.15) is 11.3 Å². The minimum Gasteiger partial charge on any atom is -0.492 e. The maximum absolute atomic E-state index is 13.0. The Balaban J connectivity index is 1.80. The van der Waals surface area contributed by atoms with Gasteiger partial charge in [-0.25, -0.2) is 4.79 Å². The second-order valence-electron chi connectivity index (χ2n) is 6.98. The van der Waals surface area contributed by atoms with Crippen molar-refractivity contribution in [2.45, 2.75) is 38.6 Å². The summed E-state index contributed by atoms with van der Waals surface area (Å²) in [6.45, 7) is 4.59. The van der Waals surface area contributed by atoms with Crippen LogP contribution >= 0.6 is 0 Å². The molecule has 0 aromatic heterocycles. The molecule has 0 aliphatic carbocycles. The smallest absolute Gasteiger partial charge is 0.329 e. The van der Waals surface area contributed by atoms with Gasteiger partial charge in [0.2, 0.25) is 11.8 Å². The Bertz CT molecular complexity index is 734. The van der Waals surface area contributed by atoms with Crippen LogP contribution in [0.5, 0.6) is 5.75 Å². The Morgan fingerprint density at radius 3 is 2.77 bits per heavy atom. The number of amides is 2. The van der Waals surface area contributed by atoms with Crippen LogP contribution in [-0.2, 0) is 14.4 Å². The summed E-state index contributed by atoms with van der Waals surface area (Å²) in [6, 6.07) is 7.25. The molecule has 2 saturated heterocycles. The van der Waals surface area contributed by atoms with E-state index in [2.05, 4.69) is 0 Å². The maximum atomic E-state index is 13.0. The zero-order valence-corrected chi connectivity index (χ0v) is 15.1. The van der Waals surface area contributed by atoms with Gasteiger partial charge in [-0.1, -0.05) is 12.1 Å². The van der Waals surface area contributed by atoms with E-state index >= 15 is 0 Å². The molecule has 2 amide bonds. The van der Waals surface area contributed by atoms with Crippen molar-refractivity contribution in [3.8, 4) is 5.75 Å². The van der Waals surface area contributed by atoms with Crippen LogP contribution in [0.25, 0.3) is 0 Å². The highest BCUT2D eigenvalue weighted by Crippen LogP contribution is 2.36. The van der Waals surface area contributed by atoms with Crippen LogP contribution in [-0.4, -0.2) is 53.0 Å². The number of carboxylic acid groups (broad SMARTS) is 1. The van der Waals surface area contributed by atoms with E-state index in [-0.39, 0.29) is 24.8 Å². The molecule has 0 spiro atoms. The number of hydrogen-bond donors (Lipinski definition) is 1. The zero-order chi connectivity index (χ0) is 18.9. The standard InChI is InChI=1S/C19H24N2O5/c1-3-26-15-8-5-4-7-14(15)20-12-13(11-16(20)22)17(23)21-10-6-9-19(21,2)18(24)25/h4-5,7-8,13H,3,6,9-12H2,1-2H3,(H,24,25). The molecule has 26 heavy (non-hydrogen) atoms. The van der Waals surface area contributed by atoms with E-state index in [9.17, 15) is 19.5 Å². The average Bonchev–Trinajstić information content (AvgIpc) is 3.19. The molecule has 2 aliphatic rings. The van der Waals surface area contributed by atoms with Crippen LogP contribution in [0.1, 0.15) is 33.1 Å². The van der Waals surface area contributed by atoms with Gasteiger partial charge in [0, 0.05) is 19.5 Å². The van der Waals surface area contributed by atoms with E-state index < -0.39 is 17.4 Å². The van der Waals surface area contributed by atoms with Gasteiger partial charge in [0.25, 0.3) is 0 Å². The summed E-state index contributed by atoms with van der Waals surface area (Å²) in [6.07, 6.45) is 1.18. The fourth-order valence-electron chi connectivity index (χ4n) is 3.82. The zero-order valence-electron chi connectivity index (χ0n) is 15.1. The predicted octanol–water partition coefficient (Wildman–Crippen LogP) is 1.90. The third kappa shape index (κ3) is 3.02. The number of anilines is 1. The Morgan fingerprint density at radius 2 is 2.08 bits per heavy atom.